The molecule has 0 radical (unpaired) electrons. The van der Waals surface area contributed by atoms with Gasteiger partial charge in [-0.05, 0) is 44.9 Å². The molecule has 0 unspecified atom stereocenters. The number of carbonyl (C=O) groups excluding carboxylic acids is 2. The average Bonchev–Trinajstić information content (AvgIpc) is 3.26. The number of nitrogens with one attached hydrogen (secondary N) is 2. The molecule has 0 spiro atoms. The number of aliphatic hydroxyl groups is 1. The maximum atomic E-state index is 12.5. The number of pyridine rings is 1. The topological polar surface area (TPSA) is 120 Å². The van der Waals surface area contributed by atoms with Gasteiger partial charge in [0.15, 0.2) is 0 Å². The second kappa shape index (κ2) is 10.4. The number of aromatic amines is 1. The van der Waals surface area contributed by atoms with E-state index in [1.54, 1.807) is 26.2 Å². The van der Waals surface area contributed by atoms with E-state index in [-0.39, 0.29) is 37.1 Å². The van der Waals surface area contributed by atoms with E-state index in [0.717, 1.165) is 30.8 Å². The van der Waals surface area contributed by atoms with E-state index in [2.05, 4.69) is 20.5 Å². The summed E-state index contributed by atoms with van der Waals surface area (Å²) >= 11 is 0. The fourth-order valence-corrected chi connectivity index (χ4v) is 3.59. The number of piperidine rings is 1. The summed E-state index contributed by atoms with van der Waals surface area (Å²) in [6.07, 6.45) is 5.58. The molecule has 0 saturated carbocycles. The van der Waals surface area contributed by atoms with Gasteiger partial charge in [-0.3, -0.25) is 19.7 Å². The summed E-state index contributed by atoms with van der Waals surface area (Å²) in [5, 5.41) is 19.2. The third kappa shape index (κ3) is 7.36. The van der Waals surface area contributed by atoms with Gasteiger partial charge < -0.3 is 20.1 Å². The number of likely N-dealkylation sites (tertiary alicyclic amines) is 1. The first-order valence-corrected chi connectivity index (χ1v) is 10.7. The number of hydrogen-bond acceptors (Lipinski definition) is 6. The number of carbonyl (C=O) groups is 2. The van der Waals surface area contributed by atoms with E-state index >= 15 is 0 Å². The highest BCUT2D eigenvalue weighted by atomic mass is 16.5. The molecule has 1 fully saturated rings. The molecule has 3 heterocycles. The highest BCUT2D eigenvalue weighted by Crippen LogP contribution is 2.21. The van der Waals surface area contributed by atoms with Crippen LogP contribution in [0.5, 0.6) is 5.75 Å². The van der Waals surface area contributed by atoms with E-state index in [4.69, 9.17) is 4.74 Å². The normalized spacial score (nSPS) is 16.7. The van der Waals surface area contributed by atoms with Crippen molar-refractivity contribution in [2.75, 3.05) is 26.2 Å². The fraction of sp³-hybridized carbons (Fsp3) is 0.545. The van der Waals surface area contributed by atoms with Crippen LogP contribution in [0.4, 0.5) is 0 Å². The molecule has 2 aromatic heterocycles. The molecular formula is C22H31N5O4. The molecule has 1 saturated heterocycles. The van der Waals surface area contributed by atoms with Crippen molar-refractivity contribution in [3.63, 3.8) is 0 Å². The van der Waals surface area contributed by atoms with Gasteiger partial charge in [0.1, 0.15) is 5.75 Å². The van der Waals surface area contributed by atoms with Crippen LogP contribution in [0, 0.1) is 5.92 Å². The Morgan fingerprint density at radius 1 is 1.35 bits per heavy atom. The Balaban J connectivity index is 1.39. The molecule has 2 aromatic rings. The Bertz CT molecular complexity index is 846. The van der Waals surface area contributed by atoms with Gasteiger partial charge in [0.05, 0.1) is 36.2 Å². The van der Waals surface area contributed by atoms with Crippen LogP contribution >= 0.6 is 0 Å². The van der Waals surface area contributed by atoms with Crippen molar-refractivity contribution in [2.45, 2.75) is 45.1 Å². The Morgan fingerprint density at radius 3 is 2.87 bits per heavy atom. The van der Waals surface area contributed by atoms with Crippen molar-refractivity contribution in [3.8, 4) is 17.1 Å². The Morgan fingerprint density at radius 2 is 2.19 bits per heavy atom. The standard InChI is InChI=1S/C22H31N5O4/c1-22(2,30)12-20(28)23-9-8-21(29)27-11-3-4-16(14-27)15-31-17-5-6-18(24-13-17)19-7-10-25-26-19/h5-7,10,13,16,30H,3-4,8-9,11-12,14-15H2,1-2H3,(H,23,28)(H,25,26)/t16-/m1/s1. The predicted molar refractivity (Wildman–Crippen MR) is 115 cm³/mol. The third-order valence-electron chi connectivity index (χ3n) is 5.12. The van der Waals surface area contributed by atoms with Crippen LogP contribution in [0.25, 0.3) is 11.4 Å². The molecule has 0 aliphatic carbocycles. The first kappa shape index (κ1) is 22.7. The number of aromatic nitrogens is 3. The van der Waals surface area contributed by atoms with Crippen molar-refractivity contribution in [1.82, 2.24) is 25.4 Å². The molecule has 0 bridgehead atoms. The summed E-state index contributed by atoms with van der Waals surface area (Å²) in [5.41, 5.74) is 0.599. The Kier molecular flexibility index (Phi) is 7.62. The molecule has 31 heavy (non-hydrogen) atoms. The number of amides is 2. The van der Waals surface area contributed by atoms with Crippen LogP contribution in [-0.4, -0.2) is 68.8 Å². The molecule has 0 aromatic carbocycles. The van der Waals surface area contributed by atoms with Crippen molar-refractivity contribution < 1.29 is 19.4 Å². The lowest BCUT2D eigenvalue weighted by molar-refractivity contribution is -0.133. The average molecular weight is 430 g/mol. The van der Waals surface area contributed by atoms with Gasteiger partial charge in [0.25, 0.3) is 0 Å². The monoisotopic (exact) mass is 429 g/mol. The smallest absolute Gasteiger partial charge is 0.224 e. The summed E-state index contributed by atoms with van der Waals surface area (Å²) < 4.78 is 5.90. The minimum absolute atomic E-state index is 0.0159. The van der Waals surface area contributed by atoms with Crippen LogP contribution < -0.4 is 10.1 Å². The molecule has 2 amide bonds. The maximum absolute atomic E-state index is 12.5. The largest absolute Gasteiger partial charge is 0.492 e. The summed E-state index contributed by atoms with van der Waals surface area (Å²) in [6, 6.07) is 5.62. The maximum Gasteiger partial charge on any atom is 0.224 e. The van der Waals surface area contributed by atoms with Gasteiger partial charge in [0, 0.05) is 38.2 Å². The van der Waals surface area contributed by atoms with Gasteiger partial charge in [-0.1, -0.05) is 0 Å². The molecule has 1 aliphatic heterocycles. The van der Waals surface area contributed by atoms with E-state index in [1.807, 2.05) is 23.1 Å². The minimum Gasteiger partial charge on any atom is -0.492 e. The summed E-state index contributed by atoms with van der Waals surface area (Å²) in [7, 11) is 0. The fourth-order valence-electron chi connectivity index (χ4n) is 3.59. The zero-order chi connectivity index (χ0) is 22.3. The zero-order valence-electron chi connectivity index (χ0n) is 18.1. The van der Waals surface area contributed by atoms with Gasteiger partial charge in [-0.2, -0.15) is 5.10 Å². The summed E-state index contributed by atoms with van der Waals surface area (Å²) in [5.74, 6) is 0.729. The van der Waals surface area contributed by atoms with Crippen LogP contribution in [-0.2, 0) is 9.59 Å². The zero-order valence-corrected chi connectivity index (χ0v) is 18.1. The number of rotatable bonds is 9. The van der Waals surface area contributed by atoms with E-state index in [1.165, 1.54) is 0 Å². The number of ether oxygens (including phenoxy) is 1. The lowest BCUT2D eigenvalue weighted by Crippen LogP contribution is -2.43. The van der Waals surface area contributed by atoms with Gasteiger partial charge in [-0.15, -0.1) is 0 Å². The van der Waals surface area contributed by atoms with Crippen LogP contribution in [0.3, 0.4) is 0 Å². The van der Waals surface area contributed by atoms with Crippen LogP contribution in [0.15, 0.2) is 30.6 Å². The lowest BCUT2D eigenvalue weighted by atomic mass is 9.98. The molecule has 9 heteroatoms. The van der Waals surface area contributed by atoms with Gasteiger partial charge in [-0.25, -0.2) is 0 Å². The number of hydrogen-bond donors (Lipinski definition) is 3. The number of H-pyrrole nitrogens is 1. The second-order valence-electron chi connectivity index (χ2n) is 8.60. The molecule has 9 nitrogen and oxygen atoms in total. The van der Waals surface area contributed by atoms with E-state index in [0.29, 0.717) is 18.9 Å². The van der Waals surface area contributed by atoms with Gasteiger partial charge in [0.2, 0.25) is 11.8 Å². The van der Waals surface area contributed by atoms with Gasteiger partial charge >= 0.3 is 0 Å². The van der Waals surface area contributed by atoms with E-state index < -0.39 is 5.60 Å². The van der Waals surface area contributed by atoms with Crippen molar-refractivity contribution in [3.05, 3.63) is 30.6 Å². The SMILES string of the molecule is CC(C)(O)CC(=O)NCCC(=O)N1CCC[C@@H](COc2ccc(-c3ccn[nH]3)nc2)C1. The molecule has 3 rings (SSSR count). The Labute approximate surface area is 182 Å². The molecule has 1 atom stereocenters. The van der Waals surface area contributed by atoms with Crippen molar-refractivity contribution in [2.24, 2.45) is 5.92 Å². The first-order chi connectivity index (χ1) is 14.8. The van der Waals surface area contributed by atoms with Crippen LogP contribution in [0.2, 0.25) is 0 Å². The lowest BCUT2D eigenvalue weighted by Gasteiger charge is -2.32. The first-order valence-electron chi connectivity index (χ1n) is 10.7. The van der Waals surface area contributed by atoms with Crippen molar-refractivity contribution >= 4 is 11.8 Å². The molecular weight excluding hydrogens is 398 g/mol. The quantitative estimate of drug-likeness (QED) is 0.559. The van der Waals surface area contributed by atoms with Crippen molar-refractivity contribution in [1.29, 1.82) is 0 Å². The second-order valence-corrected chi connectivity index (χ2v) is 8.60. The summed E-state index contributed by atoms with van der Waals surface area (Å²) in [4.78, 5) is 30.5. The summed E-state index contributed by atoms with van der Waals surface area (Å²) in [6.45, 7) is 5.34. The van der Waals surface area contributed by atoms with E-state index in [9.17, 15) is 14.7 Å². The van der Waals surface area contributed by atoms with Crippen LogP contribution in [0.1, 0.15) is 39.5 Å². The third-order valence-corrected chi connectivity index (χ3v) is 5.12. The minimum atomic E-state index is -1.05. The highest BCUT2D eigenvalue weighted by molar-refractivity contribution is 5.79. The highest BCUT2D eigenvalue weighted by Gasteiger charge is 2.24. The molecule has 3 N–H and O–H groups in total. The molecule has 1 aliphatic rings. The predicted octanol–water partition coefficient (Wildman–Crippen LogP) is 1.76. The number of nitrogens with zero attached hydrogens (tertiary/aromatic N) is 3. The molecule has 168 valence electrons. The Hall–Kier alpha value is -2.94.